The molecule has 0 N–H and O–H groups in total. The summed E-state index contributed by atoms with van der Waals surface area (Å²) in [6.45, 7) is 8.54. The maximum absolute atomic E-state index is 12.6. The largest absolute Gasteiger partial charge is 0.490 e. The summed E-state index contributed by atoms with van der Waals surface area (Å²) in [5, 5.41) is 0. The maximum Gasteiger partial charge on any atom is 0.490 e. The van der Waals surface area contributed by atoms with E-state index in [0.29, 0.717) is 42.3 Å². The molecule has 0 amide bonds. The van der Waals surface area contributed by atoms with Crippen LogP contribution in [0, 0.1) is 40.4 Å². The summed E-state index contributed by atoms with van der Waals surface area (Å²) in [6, 6.07) is 0. The Morgan fingerprint density at radius 1 is 1.13 bits per heavy atom. The molecular weight excluding hydrogens is 393 g/mol. The lowest BCUT2D eigenvalue weighted by Crippen LogP contribution is -2.51. The summed E-state index contributed by atoms with van der Waals surface area (Å²) in [7, 11) is 0. The van der Waals surface area contributed by atoms with Crippen molar-refractivity contribution in [3.63, 3.8) is 0 Å². The lowest BCUT2D eigenvalue weighted by Gasteiger charge is -2.58. The van der Waals surface area contributed by atoms with Gasteiger partial charge in [0.05, 0.1) is 0 Å². The second-order valence-electron chi connectivity index (χ2n) is 10.9. The second-order valence-corrected chi connectivity index (χ2v) is 10.9. The molecule has 3 saturated carbocycles. The molecule has 6 heteroatoms. The van der Waals surface area contributed by atoms with Gasteiger partial charge in [0.2, 0.25) is 0 Å². The van der Waals surface area contributed by atoms with Crippen LogP contribution in [0.3, 0.4) is 0 Å². The van der Waals surface area contributed by atoms with E-state index in [1.54, 1.807) is 6.92 Å². The molecule has 0 aliphatic heterocycles. The number of carbonyl (C=O) groups excluding carboxylic acids is 2. The molecule has 3 unspecified atom stereocenters. The Morgan fingerprint density at radius 3 is 2.47 bits per heavy atom. The van der Waals surface area contributed by atoms with Gasteiger partial charge in [-0.2, -0.15) is 13.2 Å². The Hall–Kier alpha value is -1.33. The Morgan fingerprint density at radius 2 is 1.83 bits per heavy atom. The first-order valence-corrected chi connectivity index (χ1v) is 11.4. The number of hydrogen-bond acceptors (Lipinski definition) is 3. The van der Waals surface area contributed by atoms with Crippen molar-refractivity contribution in [1.29, 1.82) is 0 Å². The molecule has 3 nitrogen and oxygen atoms in total. The van der Waals surface area contributed by atoms with Gasteiger partial charge in [0.25, 0.3) is 0 Å². The molecule has 0 aromatic carbocycles. The molecule has 4 aliphatic carbocycles. The molecule has 0 aromatic rings. The van der Waals surface area contributed by atoms with Crippen molar-refractivity contribution in [3.05, 3.63) is 11.6 Å². The molecule has 4 rings (SSSR count). The molecule has 0 aromatic heterocycles. The number of fused-ring (bicyclic) bond motifs is 5. The number of alkyl halides is 3. The van der Waals surface area contributed by atoms with Gasteiger partial charge < -0.3 is 4.74 Å². The van der Waals surface area contributed by atoms with Crippen molar-refractivity contribution in [2.24, 2.45) is 40.4 Å². The third-order valence-corrected chi connectivity index (χ3v) is 9.34. The number of esters is 1. The molecule has 4 aliphatic rings. The lowest BCUT2D eigenvalue weighted by molar-refractivity contribution is -0.206. The highest BCUT2D eigenvalue weighted by Crippen LogP contribution is 2.67. The van der Waals surface area contributed by atoms with E-state index >= 15 is 0 Å². The Kier molecular flexibility index (Phi) is 5.18. The molecule has 0 spiro atoms. The fourth-order valence-electron chi connectivity index (χ4n) is 8.18. The molecule has 8 atom stereocenters. The van der Waals surface area contributed by atoms with Gasteiger partial charge in [-0.05, 0) is 80.0 Å². The number of allylic oxidation sites excluding steroid dienone is 1. The van der Waals surface area contributed by atoms with E-state index in [2.05, 4.69) is 26.8 Å². The lowest BCUT2D eigenvalue weighted by atomic mass is 9.47. The maximum atomic E-state index is 12.6. The Bertz CT molecular complexity index is 772. The summed E-state index contributed by atoms with van der Waals surface area (Å²) in [4.78, 5) is 23.7. The normalized spacial score (nSPS) is 45.6. The molecular formula is C24H33F3O3. The molecule has 0 bridgehead atoms. The van der Waals surface area contributed by atoms with Crippen molar-refractivity contribution in [2.45, 2.75) is 84.9 Å². The highest BCUT2D eigenvalue weighted by Gasteiger charge is 2.61. The highest BCUT2D eigenvalue weighted by molar-refractivity contribution is 5.80. The van der Waals surface area contributed by atoms with Gasteiger partial charge in [-0.3, -0.25) is 4.79 Å². The van der Waals surface area contributed by atoms with E-state index in [0.717, 1.165) is 32.1 Å². The van der Waals surface area contributed by atoms with E-state index in [1.165, 1.54) is 5.57 Å². The standard InChI is InChI=1S/C24H33F3O3/c1-13-11-19-17-6-5-15-12-16(30-21(29)24(25,26)27)7-9-22(15,3)18(17)8-10-23(19,4)20(13)14(2)28/h5,13,16-20H,6-12H2,1-4H3/t13-,16+,17?,18?,19?,20-,22+,23+/m1/s1. The van der Waals surface area contributed by atoms with Crippen LogP contribution in [0.15, 0.2) is 11.6 Å². The van der Waals surface area contributed by atoms with Gasteiger partial charge in [0, 0.05) is 12.3 Å². The fraction of sp³-hybridized carbons (Fsp3) is 0.833. The molecule has 30 heavy (non-hydrogen) atoms. The number of carbonyl (C=O) groups is 2. The number of halogens is 3. The van der Waals surface area contributed by atoms with E-state index in [9.17, 15) is 22.8 Å². The summed E-state index contributed by atoms with van der Waals surface area (Å²) >= 11 is 0. The van der Waals surface area contributed by atoms with Crippen molar-refractivity contribution in [1.82, 2.24) is 0 Å². The van der Waals surface area contributed by atoms with Gasteiger partial charge in [-0.15, -0.1) is 0 Å². The number of Topliss-reactive ketones (excluding diaryl/α,β-unsaturated/α-hetero) is 1. The monoisotopic (exact) mass is 426 g/mol. The van der Waals surface area contributed by atoms with Crippen molar-refractivity contribution < 1.29 is 27.5 Å². The van der Waals surface area contributed by atoms with Crippen LogP contribution in [-0.4, -0.2) is 24.0 Å². The van der Waals surface area contributed by atoms with Gasteiger partial charge in [-0.25, -0.2) is 4.79 Å². The first-order valence-electron chi connectivity index (χ1n) is 11.4. The van der Waals surface area contributed by atoms with Crippen LogP contribution in [0.4, 0.5) is 13.2 Å². The molecule has 3 fully saturated rings. The van der Waals surface area contributed by atoms with E-state index in [1.807, 2.05) is 0 Å². The third kappa shape index (κ3) is 3.24. The van der Waals surface area contributed by atoms with Crippen LogP contribution < -0.4 is 0 Å². The fourth-order valence-corrected chi connectivity index (χ4v) is 8.18. The zero-order chi connectivity index (χ0) is 22.1. The first kappa shape index (κ1) is 21.9. The van der Waals surface area contributed by atoms with Crippen molar-refractivity contribution >= 4 is 11.8 Å². The average molecular weight is 427 g/mol. The molecule has 0 radical (unpaired) electrons. The van der Waals surface area contributed by atoms with Crippen LogP contribution in [0.2, 0.25) is 0 Å². The van der Waals surface area contributed by atoms with Crippen molar-refractivity contribution in [2.75, 3.05) is 0 Å². The van der Waals surface area contributed by atoms with E-state index < -0.39 is 18.2 Å². The average Bonchev–Trinajstić information content (AvgIpc) is 2.91. The summed E-state index contributed by atoms with van der Waals surface area (Å²) in [5.41, 5.74) is 1.20. The van der Waals surface area contributed by atoms with Gasteiger partial charge in [-0.1, -0.05) is 32.4 Å². The third-order valence-electron chi connectivity index (χ3n) is 9.34. The Labute approximate surface area is 176 Å². The Balaban J connectivity index is 1.55. The van der Waals surface area contributed by atoms with Crippen LogP contribution in [-0.2, 0) is 14.3 Å². The van der Waals surface area contributed by atoms with Crippen LogP contribution in [0.5, 0.6) is 0 Å². The smallest absolute Gasteiger partial charge is 0.455 e. The number of hydrogen-bond donors (Lipinski definition) is 0. The summed E-state index contributed by atoms with van der Waals surface area (Å²) in [5.74, 6) is 0.332. The number of ketones is 1. The van der Waals surface area contributed by atoms with Crippen LogP contribution in [0.25, 0.3) is 0 Å². The molecule has 0 heterocycles. The van der Waals surface area contributed by atoms with E-state index in [4.69, 9.17) is 4.74 Å². The SMILES string of the molecule is CC(=O)[C@H]1[C@H](C)CC2C3CC=C4C[C@@H](OC(=O)C(F)(F)F)CC[C@]4(C)C3CC[C@@]21C. The van der Waals surface area contributed by atoms with Crippen LogP contribution in [0.1, 0.15) is 72.6 Å². The number of ether oxygens (including phenoxy) is 1. The first-order chi connectivity index (χ1) is 13.9. The highest BCUT2D eigenvalue weighted by atomic mass is 19.4. The minimum Gasteiger partial charge on any atom is -0.455 e. The zero-order valence-corrected chi connectivity index (χ0v) is 18.3. The van der Waals surface area contributed by atoms with Crippen molar-refractivity contribution in [3.8, 4) is 0 Å². The predicted molar refractivity (Wildman–Crippen MR) is 106 cm³/mol. The summed E-state index contributed by atoms with van der Waals surface area (Å²) < 4.78 is 42.6. The van der Waals surface area contributed by atoms with Gasteiger partial charge in [0.1, 0.15) is 11.9 Å². The topological polar surface area (TPSA) is 43.4 Å². The minimum absolute atomic E-state index is 0.0388. The van der Waals surface area contributed by atoms with Crippen LogP contribution >= 0.6 is 0 Å². The minimum atomic E-state index is -4.94. The van der Waals surface area contributed by atoms with Gasteiger partial charge >= 0.3 is 12.1 Å². The number of rotatable bonds is 2. The molecule has 168 valence electrons. The summed E-state index contributed by atoms with van der Waals surface area (Å²) in [6.07, 6.45) is 2.38. The van der Waals surface area contributed by atoms with E-state index in [-0.39, 0.29) is 16.7 Å². The second kappa shape index (κ2) is 7.09. The zero-order valence-electron chi connectivity index (χ0n) is 18.3. The quantitative estimate of drug-likeness (QED) is 0.409. The molecule has 0 saturated heterocycles. The van der Waals surface area contributed by atoms with Gasteiger partial charge in [0.15, 0.2) is 0 Å². The predicted octanol–water partition coefficient (Wildman–Crippen LogP) is 5.87.